The van der Waals surface area contributed by atoms with Gasteiger partial charge in [0.2, 0.25) is 0 Å². The van der Waals surface area contributed by atoms with Crippen molar-refractivity contribution in [3.63, 3.8) is 0 Å². The van der Waals surface area contributed by atoms with Gasteiger partial charge in [0, 0.05) is 18.7 Å². The van der Waals surface area contributed by atoms with E-state index in [0.29, 0.717) is 18.7 Å². The summed E-state index contributed by atoms with van der Waals surface area (Å²) in [6.07, 6.45) is 1.54. The molecule has 0 aliphatic carbocycles. The van der Waals surface area contributed by atoms with Crippen LogP contribution in [0.15, 0.2) is 71.3 Å². The van der Waals surface area contributed by atoms with E-state index in [-0.39, 0.29) is 17.6 Å². The predicted molar refractivity (Wildman–Crippen MR) is 99.5 cm³/mol. The molecule has 27 heavy (non-hydrogen) atoms. The molecule has 1 aliphatic rings. The van der Waals surface area contributed by atoms with Crippen molar-refractivity contribution in [3.05, 3.63) is 83.8 Å². The van der Waals surface area contributed by atoms with Crippen LogP contribution in [0.4, 0.5) is 5.69 Å². The molecule has 1 aliphatic heterocycles. The van der Waals surface area contributed by atoms with Crippen LogP contribution in [-0.2, 0) is 17.8 Å². The van der Waals surface area contributed by atoms with Crippen molar-refractivity contribution in [2.75, 3.05) is 5.32 Å². The lowest BCUT2D eigenvalue weighted by Crippen LogP contribution is -2.37. The fraction of sp³-hybridized carbons (Fsp3) is 0.143. The van der Waals surface area contributed by atoms with Crippen molar-refractivity contribution in [2.45, 2.75) is 19.1 Å². The van der Waals surface area contributed by atoms with Crippen molar-refractivity contribution in [1.82, 2.24) is 5.32 Å². The van der Waals surface area contributed by atoms with E-state index >= 15 is 0 Å². The number of hydrogen-bond acceptors (Lipinski definition) is 4. The molecule has 4 rings (SSSR count). The first-order valence-electron chi connectivity index (χ1n) is 8.65. The molecule has 0 spiro atoms. The molecule has 0 saturated heterocycles. The normalized spacial score (nSPS) is 14.9. The number of rotatable bonds is 5. The van der Waals surface area contributed by atoms with Gasteiger partial charge in [0.1, 0.15) is 5.75 Å². The molecule has 2 amide bonds. The Morgan fingerprint density at radius 2 is 1.81 bits per heavy atom. The second-order valence-corrected chi connectivity index (χ2v) is 6.26. The first kappa shape index (κ1) is 16.9. The second kappa shape index (κ2) is 7.37. The maximum absolute atomic E-state index is 12.3. The van der Waals surface area contributed by atoms with Gasteiger partial charge in [-0.3, -0.25) is 9.59 Å². The number of amides is 2. The highest BCUT2D eigenvalue weighted by Gasteiger charge is 2.28. The van der Waals surface area contributed by atoms with E-state index in [1.165, 1.54) is 6.26 Å². The van der Waals surface area contributed by atoms with Crippen molar-refractivity contribution < 1.29 is 18.7 Å². The quantitative estimate of drug-likeness (QED) is 0.731. The molecule has 0 fully saturated rings. The number of fused-ring (bicyclic) bond motifs is 1. The maximum Gasteiger partial charge on any atom is 0.291 e. The number of benzene rings is 2. The molecule has 136 valence electrons. The summed E-state index contributed by atoms with van der Waals surface area (Å²) in [4.78, 5) is 24.3. The largest absolute Gasteiger partial charge is 0.480 e. The number of carbonyl (C=O) groups is 2. The summed E-state index contributed by atoms with van der Waals surface area (Å²) in [6.45, 7) is 0.390. The smallest absolute Gasteiger partial charge is 0.291 e. The Balaban J connectivity index is 1.29. The summed E-state index contributed by atoms with van der Waals surface area (Å²) in [5, 5.41) is 5.64. The highest BCUT2D eigenvalue weighted by atomic mass is 16.5. The third kappa shape index (κ3) is 3.84. The van der Waals surface area contributed by atoms with Gasteiger partial charge in [-0.05, 0) is 41.5 Å². The molecule has 1 atom stereocenters. The molecule has 2 heterocycles. The van der Waals surface area contributed by atoms with Crippen molar-refractivity contribution in [3.8, 4) is 5.75 Å². The zero-order valence-corrected chi connectivity index (χ0v) is 14.5. The zero-order chi connectivity index (χ0) is 18.6. The van der Waals surface area contributed by atoms with Gasteiger partial charge in [-0.1, -0.05) is 30.3 Å². The summed E-state index contributed by atoms with van der Waals surface area (Å²) in [6, 6.07) is 18.2. The van der Waals surface area contributed by atoms with Crippen molar-refractivity contribution in [2.24, 2.45) is 0 Å². The third-order valence-corrected chi connectivity index (χ3v) is 4.36. The highest BCUT2D eigenvalue weighted by Crippen LogP contribution is 2.28. The minimum Gasteiger partial charge on any atom is -0.480 e. The van der Waals surface area contributed by atoms with Crippen molar-refractivity contribution >= 4 is 17.5 Å². The van der Waals surface area contributed by atoms with Crippen LogP contribution in [0.1, 0.15) is 21.7 Å². The van der Waals surface area contributed by atoms with Gasteiger partial charge in [0.25, 0.3) is 11.8 Å². The third-order valence-electron chi connectivity index (χ3n) is 4.36. The van der Waals surface area contributed by atoms with Gasteiger partial charge in [-0.25, -0.2) is 0 Å². The van der Waals surface area contributed by atoms with Gasteiger partial charge in [0.05, 0.1) is 6.26 Å². The molecule has 0 saturated carbocycles. The fourth-order valence-corrected chi connectivity index (χ4v) is 2.94. The molecule has 3 aromatic rings. The van der Waals surface area contributed by atoms with E-state index in [1.54, 1.807) is 24.3 Å². The average molecular weight is 362 g/mol. The summed E-state index contributed by atoms with van der Waals surface area (Å²) in [5.41, 5.74) is 2.63. The topological polar surface area (TPSA) is 80.6 Å². The van der Waals surface area contributed by atoms with E-state index < -0.39 is 6.10 Å². The number of anilines is 1. The van der Waals surface area contributed by atoms with Crippen molar-refractivity contribution in [1.29, 1.82) is 0 Å². The minimum absolute atomic E-state index is 0.138. The number of furan rings is 1. The Morgan fingerprint density at radius 1 is 1.00 bits per heavy atom. The van der Waals surface area contributed by atoms with E-state index in [0.717, 1.165) is 16.9 Å². The van der Waals surface area contributed by atoms with Gasteiger partial charge >= 0.3 is 0 Å². The van der Waals surface area contributed by atoms with E-state index in [2.05, 4.69) is 10.6 Å². The Hall–Kier alpha value is -3.54. The van der Waals surface area contributed by atoms with Crippen LogP contribution < -0.4 is 15.4 Å². The van der Waals surface area contributed by atoms with Crippen LogP contribution in [0.5, 0.6) is 5.75 Å². The molecule has 0 unspecified atom stereocenters. The molecule has 6 heteroatoms. The lowest BCUT2D eigenvalue weighted by Gasteiger charge is -2.12. The number of nitrogens with one attached hydrogen (secondary N) is 2. The SMILES string of the molecule is O=C(Nc1ccc(CNC(=O)[C@H]2Cc3ccccc3O2)cc1)c1ccco1. The number of ether oxygens (including phenoxy) is 1. The molecule has 0 radical (unpaired) electrons. The molecule has 0 bridgehead atoms. The average Bonchev–Trinajstić information content (AvgIpc) is 3.37. The van der Waals surface area contributed by atoms with Crippen LogP contribution >= 0.6 is 0 Å². The fourth-order valence-electron chi connectivity index (χ4n) is 2.94. The monoisotopic (exact) mass is 362 g/mol. The maximum atomic E-state index is 12.3. The summed E-state index contributed by atoms with van der Waals surface area (Å²) >= 11 is 0. The van der Waals surface area contributed by atoms with E-state index in [1.807, 2.05) is 36.4 Å². The standard InChI is InChI=1S/C21H18N2O4/c24-20(19-12-15-4-1-2-5-17(15)27-19)22-13-14-7-9-16(10-8-14)23-21(25)18-6-3-11-26-18/h1-11,19H,12-13H2,(H,22,24)(H,23,25)/t19-/m1/s1. The Bertz CT molecular complexity index is 924. The van der Waals surface area contributed by atoms with E-state index in [9.17, 15) is 9.59 Å². The van der Waals surface area contributed by atoms with Gasteiger partial charge < -0.3 is 19.8 Å². The van der Waals surface area contributed by atoms with Gasteiger partial charge in [-0.15, -0.1) is 0 Å². The van der Waals surface area contributed by atoms with Gasteiger partial charge in [-0.2, -0.15) is 0 Å². The minimum atomic E-state index is -0.491. The Labute approximate surface area is 156 Å². The zero-order valence-electron chi connectivity index (χ0n) is 14.5. The lowest BCUT2D eigenvalue weighted by atomic mass is 10.1. The molecule has 1 aromatic heterocycles. The van der Waals surface area contributed by atoms with Crippen LogP contribution in [-0.4, -0.2) is 17.9 Å². The Kier molecular flexibility index (Phi) is 4.61. The molecular formula is C21H18N2O4. The number of hydrogen-bond donors (Lipinski definition) is 2. The lowest BCUT2D eigenvalue weighted by molar-refractivity contribution is -0.127. The molecular weight excluding hydrogens is 344 g/mol. The van der Waals surface area contributed by atoms with Crippen LogP contribution in [0, 0.1) is 0 Å². The summed E-state index contributed by atoms with van der Waals surface area (Å²) in [5.74, 6) is 0.582. The molecule has 2 aromatic carbocycles. The van der Waals surface area contributed by atoms with E-state index in [4.69, 9.17) is 9.15 Å². The number of carbonyl (C=O) groups excluding carboxylic acids is 2. The summed E-state index contributed by atoms with van der Waals surface area (Å²) < 4.78 is 10.7. The highest BCUT2D eigenvalue weighted by molar-refractivity contribution is 6.02. The number of para-hydroxylation sites is 1. The van der Waals surface area contributed by atoms with Crippen LogP contribution in [0.25, 0.3) is 0 Å². The van der Waals surface area contributed by atoms with Gasteiger partial charge in [0.15, 0.2) is 11.9 Å². The summed E-state index contributed by atoms with van der Waals surface area (Å²) in [7, 11) is 0. The first-order chi connectivity index (χ1) is 13.2. The second-order valence-electron chi connectivity index (χ2n) is 6.26. The first-order valence-corrected chi connectivity index (χ1v) is 8.65. The van der Waals surface area contributed by atoms with Crippen LogP contribution in [0.2, 0.25) is 0 Å². The predicted octanol–water partition coefficient (Wildman–Crippen LogP) is 3.15. The Morgan fingerprint density at radius 3 is 2.56 bits per heavy atom. The van der Waals surface area contributed by atoms with Crippen LogP contribution in [0.3, 0.4) is 0 Å². The molecule has 2 N–H and O–H groups in total. The molecule has 6 nitrogen and oxygen atoms in total.